The van der Waals surface area contributed by atoms with Crippen molar-refractivity contribution < 1.29 is 15.0 Å². The van der Waals surface area contributed by atoms with Gasteiger partial charge in [0, 0.05) is 11.9 Å². The van der Waals surface area contributed by atoms with Gasteiger partial charge in [-0.15, -0.1) is 11.8 Å². The summed E-state index contributed by atoms with van der Waals surface area (Å²) in [6.45, 7) is 1.22. The van der Waals surface area contributed by atoms with Crippen molar-refractivity contribution in [1.82, 2.24) is 4.98 Å². The molecule has 0 radical (unpaired) electrons. The number of carboxylic acid groups (broad SMARTS) is 1. The Morgan fingerprint density at radius 2 is 2.44 bits per heavy atom. The summed E-state index contributed by atoms with van der Waals surface area (Å²) in [4.78, 5) is 14.6. The first-order valence-electron chi connectivity index (χ1n) is 4.40. The van der Waals surface area contributed by atoms with Crippen LogP contribution in [0, 0.1) is 11.3 Å². The lowest BCUT2D eigenvalue weighted by Crippen LogP contribution is -2.37. The van der Waals surface area contributed by atoms with Crippen molar-refractivity contribution in [1.29, 1.82) is 5.26 Å². The minimum atomic E-state index is -1.80. The lowest BCUT2D eigenvalue weighted by Gasteiger charge is -2.16. The molecule has 1 rings (SSSR count). The molecule has 6 heteroatoms. The summed E-state index contributed by atoms with van der Waals surface area (Å²) in [6, 6.07) is 5.05. The Morgan fingerprint density at radius 3 is 3.00 bits per heavy atom. The number of nitrogens with zero attached hydrogens (tertiary/aromatic N) is 2. The molecule has 0 aromatic carbocycles. The molecule has 0 aliphatic heterocycles. The first-order valence-corrected chi connectivity index (χ1v) is 5.39. The molecule has 1 heterocycles. The normalized spacial score (nSPS) is 13.8. The van der Waals surface area contributed by atoms with Crippen LogP contribution in [0.5, 0.6) is 0 Å². The Morgan fingerprint density at radius 1 is 1.75 bits per heavy atom. The highest BCUT2D eigenvalue weighted by molar-refractivity contribution is 7.99. The van der Waals surface area contributed by atoms with Crippen LogP contribution in [-0.4, -0.2) is 32.5 Å². The van der Waals surface area contributed by atoms with E-state index in [1.165, 1.54) is 13.1 Å². The van der Waals surface area contributed by atoms with Crippen LogP contribution < -0.4 is 0 Å². The number of hydrogen-bond acceptors (Lipinski definition) is 5. The van der Waals surface area contributed by atoms with E-state index in [1.54, 1.807) is 12.1 Å². The summed E-state index contributed by atoms with van der Waals surface area (Å²) in [5.41, 5.74) is -1.35. The fourth-order valence-corrected chi connectivity index (χ4v) is 1.73. The van der Waals surface area contributed by atoms with Gasteiger partial charge in [-0.3, -0.25) is 0 Å². The Balaban J connectivity index is 2.69. The molecule has 5 nitrogen and oxygen atoms in total. The third kappa shape index (κ3) is 3.22. The SMILES string of the molecule is CC(O)(CSc1cc(C#N)ccn1)C(=O)O. The first-order chi connectivity index (χ1) is 7.45. The van der Waals surface area contributed by atoms with Crippen molar-refractivity contribution in [2.45, 2.75) is 17.6 Å². The fourth-order valence-electron chi connectivity index (χ4n) is 0.834. The third-order valence-corrected chi connectivity index (χ3v) is 3.05. The highest BCUT2D eigenvalue weighted by atomic mass is 32.2. The van der Waals surface area contributed by atoms with Crippen molar-refractivity contribution in [3.8, 4) is 6.07 Å². The van der Waals surface area contributed by atoms with E-state index in [9.17, 15) is 9.90 Å². The van der Waals surface area contributed by atoms with Crippen LogP contribution in [0.15, 0.2) is 23.4 Å². The maximum atomic E-state index is 10.6. The Bertz CT molecular complexity index is 440. The number of rotatable bonds is 4. The number of aliphatic carboxylic acids is 1. The molecule has 0 spiro atoms. The van der Waals surface area contributed by atoms with Crippen LogP contribution in [0.1, 0.15) is 12.5 Å². The Labute approximate surface area is 96.7 Å². The lowest BCUT2D eigenvalue weighted by molar-refractivity contribution is -0.154. The highest BCUT2D eigenvalue weighted by Gasteiger charge is 2.29. The number of nitriles is 1. The second-order valence-corrected chi connectivity index (χ2v) is 4.36. The molecule has 0 fully saturated rings. The predicted octanol–water partition coefficient (Wildman–Crippen LogP) is 0.881. The Kier molecular flexibility index (Phi) is 3.88. The standard InChI is InChI=1S/C10H10N2O3S/c1-10(15,9(13)14)6-16-8-4-7(5-11)2-3-12-8/h2-4,15H,6H2,1H3,(H,13,14). The quantitative estimate of drug-likeness (QED) is 0.756. The van der Waals surface area contributed by atoms with Crippen LogP contribution in [0.3, 0.4) is 0 Å². The van der Waals surface area contributed by atoms with Crippen molar-refractivity contribution in [2.75, 3.05) is 5.75 Å². The second-order valence-electron chi connectivity index (χ2n) is 3.36. The smallest absolute Gasteiger partial charge is 0.336 e. The molecule has 2 N–H and O–H groups in total. The van der Waals surface area contributed by atoms with E-state index in [0.29, 0.717) is 10.6 Å². The molecular formula is C10H10N2O3S. The minimum Gasteiger partial charge on any atom is -0.479 e. The molecule has 1 aromatic rings. The van der Waals surface area contributed by atoms with E-state index in [2.05, 4.69) is 4.98 Å². The number of pyridine rings is 1. The summed E-state index contributed by atoms with van der Waals surface area (Å²) in [5, 5.41) is 27.3. The summed E-state index contributed by atoms with van der Waals surface area (Å²) in [6.07, 6.45) is 1.47. The van der Waals surface area contributed by atoms with Gasteiger partial charge in [0.25, 0.3) is 0 Å². The average molecular weight is 238 g/mol. The zero-order valence-electron chi connectivity index (χ0n) is 8.54. The van der Waals surface area contributed by atoms with Gasteiger partial charge in [-0.25, -0.2) is 9.78 Å². The molecule has 84 valence electrons. The summed E-state index contributed by atoms with van der Waals surface area (Å²) in [5.74, 6) is -1.30. The van der Waals surface area contributed by atoms with Crippen LogP contribution in [0.2, 0.25) is 0 Å². The van der Waals surface area contributed by atoms with Gasteiger partial charge in [-0.05, 0) is 19.1 Å². The van der Waals surface area contributed by atoms with Gasteiger partial charge in [-0.2, -0.15) is 5.26 Å². The number of carboxylic acids is 1. The van der Waals surface area contributed by atoms with Gasteiger partial charge in [0.05, 0.1) is 16.7 Å². The van der Waals surface area contributed by atoms with Crippen molar-refractivity contribution in [2.24, 2.45) is 0 Å². The monoisotopic (exact) mass is 238 g/mol. The van der Waals surface area contributed by atoms with Crippen molar-refractivity contribution in [3.05, 3.63) is 23.9 Å². The summed E-state index contributed by atoms with van der Waals surface area (Å²) >= 11 is 1.09. The van der Waals surface area contributed by atoms with Gasteiger partial charge < -0.3 is 10.2 Å². The molecule has 0 aliphatic rings. The zero-order chi connectivity index (χ0) is 12.2. The number of carbonyl (C=O) groups is 1. The summed E-state index contributed by atoms with van der Waals surface area (Å²) < 4.78 is 0. The number of aromatic nitrogens is 1. The molecule has 0 bridgehead atoms. The van der Waals surface area contributed by atoms with Gasteiger partial charge in [0.1, 0.15) is 0 Å². The van der Waals surface area contributed by atoms with Crippen LogP contribution >= 0.6 is 11.8 Å². The van der Waals surface area contributed by atoms with Gasteiger partial charge in [0.2, 0.25) is 0 Å². The van der Waals surface area contributed by atoms with Crippen molar-refractivity contribution >= 4 is 17.7 Å². The zero-order valence-corrected chi connectivity index (χ0v) is 9.36. The topological polar surface area (TPSA) is 94.2 Å². The summed E-state index contributed by atoms with van der Waals surface area (Å²) in [7, 11) is 0. The minimum absolute atomic E-state index is 0.0236. The molecule has 1 atom stereocenters. The molecular weight excluding hydrogens is 228 g/mol. The van der Waals surface area contributed by atoms with E-state index >= 15 is 0 Å². The molecule has 0 aliphatic carbocycles. The van der Waals surface area contributed by atoms with E-state index in [4.69, 9.17) is 10.4 Å². The van der Waals surface area contributed by atoms with E-state index in [-0.39, 0.29) is 5.75 Å². The molecule has 0 saturated carbocycles. The number of hydrogen-bond donors (Lipinski definition) is 2. The fraction of sp³-hybridized carbons (Fsp3) is 0.300. The Hall–Kier alpha value is -1.58. The molecule has 1 aromatic heterocycles. The first kappa shape index (κ1) is 12.5. The van der Waals surface area contributed by atoms with Gasteiger partial charge in [0.15, 0.2) is 5.60 Å². The highest BCUT2D eigenvalue weighted by Crippen LogP contribution is 2.21. The van der Waals surface area contributed by atoms with E-state index in [1.807, 2.05) is 6.07 Å². The predicted molar refractivity (Wildman–Crippen MR) is 57.9 cm³/mol. The lowest BCUT2D eigenvalue weighted by atomic mass is 10.1. The van der Waals surface area contributed by atoms with Crippen LogP contribution in [0.4, 0.5) is 0 Å². The van der Waals surface area contributed by atoms with Crippen LogP contribution in [-0.2, 0) is 4.79 Å². The van der Waals surface area contributed by atoms with E-state index < -0.39 is 11.6 Å². The average Bonchev–Trinajstić information content (AvgIpc) is 2.26. The molecule has 0 saturated heterocycles. The van der Waals surface area contributed by atoms with Crippen LogP contribution in [0.25, 0.3) is 0 Å². The van der Waals surface area contributed by atoms with Gasteiger partial charge in [-0.1, -0.05) is 0 Å². The third-order valence-electron chi connectivity index (χ3n) is 1.83. The largest absolute Gasteiger partial charge is 0.479 e. The second kappa shape index (κ2) is 4.96. The number of thioether (sulfide) groups is 1. The van der Waals surface area contributed by atoms with Gasteiger partial charge >= 0.3 is 5.97 Å². The van der Waals surface area contributed by atoms with Crippen molar-refractivity contribution in [3.63, 3.8) is 0 Å². The van der Waals surface area contributed by atoms with E-state index in [0.717, 1.165) is 11.8 Å². The maximum Gasteiger partial charge on any atom is 0.336 e. The molecule has 0 amide bonds. The molecule has 1 unspecified atom stereocenters. The maximum absolute atomic E-state index is 10.6. The number of aliphatic hydroxyl groups is 1. The molecule has 16 heavy (non-hydrogen) atoms.